The van der Waals surface area contributed by atoms with Crippen LogP contribution in [0.2, 0.25) is 0 Å². The molecule has 23 heavy (non-hydrogen) atoms. The van der Waals surface area contributed by atoms with Gasteiger partial charge < -0.3 is 14.6 Å². The van der Waals surface area contributed by atoms with E-state index in [1.165, 1.54) is 0 Å². The van der Waals surface area contributed by atoms with Crippen LogP contribution in [0.15, 0.2) is 18.2 Å². The van der Waals surface area contributed by atoms with Crippen molar-refractivity contribution in [1.82, 2.24) is 0 Å². The fraction of sp³-hybridized carbons (Fsp3) is 0.611. The van der Waals surface area contributed by atoms with Gasteiger partial charge in [0, 0.05) is 0 Å². The fourth-order valence-electron chi connectivity index (χ4n) is 3.64. The number of methoxy groups -OCH3 is 1. The van der Waals surface area contributed by atoms with E-state index in [-0.39, 0.29) is 6.10 Å². The molecule has 1 aromatic carbocycles. The van der Waals surface area contributed by atoms with Crippen LogP contribution in [0.4, 0.5) is 0 Å². The highest BCUT2D eigenvalue weighted by atomic mass is 32.2. The zero-order valence-electron chi connectivity index (χ0n) is 13.5. The van der Waals surface area contributed by atoms with Crippen LogP contribution in [0.3, 0.4) is 0 Å². The Labute approximate surface area is 141 Å². The van der Waals surface area contributed by atoms with Gasteiger partial charge >= 0.3 is 5.97 Å². The first-order valence-electron chi connectivity index (χ1n) is 8.32. The summed E-state index contributed by atoms with van der Waals surface area (Å²) in [6.07, 6.45) is 5.60. The summed E-state index contributed by atoms with van der Waals surface area (Å²) in [7, 11) is 1.63. The highest BCUT2D eigenvalue weighted by Crippen LogP contribution is 2.44. The quantitative estimate of drug-likeness (QED) is 0.885. The van der Waals surface area contributed by atoms with E-state index < -0.39 is 11.4 Å². The molecular formula is C18H24O4S. The van der Waals surface area contributed by atoms with Gasteiger partial charge in [-0.05, 0) is 54.9 Å². The van der Waals surface area contributed by atoms with Crippen molar-refractivity contribution >= 4 is 17.7 Å². The first-order chi connectivity index (χ1) is 11.2. The van der Waals surface area contributed by atoms with Gasteiger partial charge in [-0.3, -0.25) is 4.79 Å². The number of aliphatic carboxylic acids is 1. The van der Waals surface area contributed by atoms with Crippen LogP contribution < -0.4 is 9.47 Å². The molecule has 1 heterocycles. The lowest BCUT2D eigenvalue weighted by Crippen LogP contribution is -2.32. The SMILES string of the molecule is COc1ccc(C2(C(=O)O)CCCC2)cc1OC1CCSCC1. The monoisotopic (exact) mass is 336 g/mol. The fourth-order valence-corrected chi connectivity index (χ4v) is 4.71. The lowest BCUT2D eigenvalue weighted by Gasteiger charge is -2.27. The molecule has 0 bridgehead atoms. The zero-order chi connectivity index (χ0) is 16.3. The molecule has 0 unspecified atom stereocenters. The Morgan fingerprint density at radius 1 is 1.22 bits per heavy atom. The van der Waals surface area contributed by atoms with E-state index in [4.69, 9.17) is 9.47 Å². The predicted octanol–water partition coefficient (Wildman–Crippen LogP) is 3.87. The van der Waals surface area contributed by atoms with Crippen LogP contribution in [0.1, 0.15) is 44.1 Å². The Bertz CT molecular complexity index is 560. The molecule has 3 rings (SSSR count). The van der Waals surface area contributed by atoms with Crippen molar-refractivity contribution in [2.75, 3.05) is 18.6 Å². The minimum absolute atomic E-state index is 0.199. The summed E-state index contributed by atoms with van der Waals surface area (Å²) in [5.41, 5.74) is 0.0933. The number of carbonyl (C=O) groups is 1. The van der Waals surface area contributed by atoms with Crippen molar-refractivity contribution in [1.29, 1.82) is 0 Å². The molecule has 0 aromatic heterocycles. The van der Waals surface area contributed by atoms with Crippen LogP contribution in [-0.2, 0) is 10.2 Å². The Balaban J connectivity index is 1.90. The number of carboxylic acid groups (broad SMARTS) is 1. The Hall–Kier alpha value is -1.36. The molecule has 4 nitrogen and oxygen atoms in total. The third-order valence-corrected chi connectivity index (χ3v) is 6.09. The van der Waals surface area contributed by atoms with Gasteiger partial charge in [0.1, 0.15) is 6.10 Å². The van der Waals surface area contributed by atoms with Crippen molar-refractivity contribution in [2.24, 2.45) is 0 Å². The summed E-state index contributed by atoms with van der Waals surface area (Å²) in [4.78, 5) is 11.9. The lowest BCUT2D eigenvalue weighted by atomic mass is 9.79. The largest absolute Gasteiger partial charge is 0.493 e. The van der Waals surface area contributed by atoms with Gasteiger partial charge in [-0.25, -0.2) is 0 Å². The van der Waals surface area contributed by atoms with Gasteiger partial charge in [-0.2, -0.15) is 11.8 Å². The van der Waals surface area contributed by atoms with Gasteiger partial charge in [0.2, 0.25) is 0 Å². The second-order valence-electron chi connectivity index (χ2n) is 6.39. The molecule has 0 amide bonds. The zero-order valence-corrected chi connectivity index (χ0v) is 14.4. The van der Waals surface area contributed by atoms with Gasteiger partial charge in [0.15, 0.2) is 11.5 Å². The molecule has 2 aliphatic rings. The van der Waals surface area contributed by atoms with Crippen molar-refractivity contribution in [3.63, 3.8) is 0 Å². The average Bonchev–Trinajstić information content (AvgIpc) is 3.07. The summed E-state index contributed by atoms with van der Waals surface area (Å²) in [5, 5.41) is 9.78. The summed E-state index contributed by atoms with van der Waals surface area (Å²) < 4.78 is 11.6. The van der Waals surface area contributed by atoms with Crippen molar-refractivity contribution in [2.45, 2.75) is 50.0 Å². The second-order valence-corrected chi connectivity index (χ2v) is 7.61. The van der Waals surface area contributed by atoms with Crippen LogP contribution in [-0.4, -0.2) is 35.8 Å². The third kappa shape index (κ3) is 3.30. The van der Waals surface area contributed by atoms with Gasteiger partial charge in [0.25, 0.3) is 0 Å². The molecule has 1 aromatic rings. The number of hydrogen-bond donors (Lipinski definition) is 1. The van der Waals surface area contributed by atoms with E-state index in [2.05, 4.69) is 0 Å². The molecule has 0 radical (unpaired) electrons. The molecule has 1 saturated carbocycles. The molecule has 1 aliphatic heterocycles. The Kier molecular flexibility index (Phi) is 5.05. The number of benzene rings is 1. The minimum Gasteiger partial charge on any atom is -0.493 e. The summed E-state index contributed by atoms with van der Waals surface area (Å²) >= 11 is 1.96. The smallest absolute Gasteiger partial charge is 0.314 e. The Morgan fingerprint density at radius 2 is 1.91 bits per heavy atom. The number of ether oxygens (including phenoxy) is 2. The van der Waals surface area contributed by atoms with Crippen LogP contribution in [0, 0.1) is 0 Å². The van der Waals surface area contributed by atoms with E-state index in [0.29, 0.717) is 24.3 Å². The molecule has 1 aliphatic carbocycles. The molecule has 5 heteroatoms. The van der Waals surface area contributed by atoms with Crippen LogP contribution in [0.25, 0.3) is 0 Å². The highest BCUT2D eigenvalue weighted by molar-refractivity contribution is 7.99. The molecular weight excluding hydrogens is 312 g/mol. The molecule has 0 atom stereocenters. The summed E-state index contributed by atoms with van der Waals surface area (Å²) in [5.74, 6) is 2.89. The van der Waals surface area contributed by atoms with Gasteiger partial charge in [-0.1, -0.05) is 18.9 Å². The Morgan fingerprint density at radius 3 is 2.52 bits per heavy atom. The standard InChI is InChI=1S/C18H24O4S/c1-21-15-5-4-13(18(17(19)20)8-2-3-9-18)12-16(15)22-14-6-10-23-11-7-14/h4-5,12,14H,2-3,6-11H2,1H3,(H,19,20). The molecule has 126 valence electrons. The maximum Gasteiger partial charge on any atom is 0.314 e. The number of thioether (sulfide) groups is 1. The molecule has 1 N–H and O–H groups in total. The van der Waals surface area contributed by atoms with E-state index in [1.54, 1.807) is 7.11 Å². The minimum atomic E-state index is -0.757. The topological polar surface area (TPSA) is 55.8 Å². The van der Waals surface area contributed by atoms with Gasteiger partial charge in [0.05, 0.1) is 12.5 Å². The number of rotatable bonds is 5. The first kappa shape index (κ1) is 16.5. The predicted molar refractivity (Wildman–Crippen MR) is 91.8 cm³/mol. The summed E-state index contributed by atoms with van der Waals surface area (Å²) in [6, 6.07) is 5.65. The van der Waals surface area contributed by atoms with E-state index in [9.17, 15) is 9.90 Å². The first-order valence-corrected chi connectivity index (χ1v) is 9.47. The number of hydrogen-bond acceptors (Lipinski definition) is 4. The maximum absolute atomic E-state index is 11.9. The van der Waals surface area contributed by atoms with Crippen LogP contribution in [0.5, 0.6) is 11.5 Å². The number of carboxylic acids is 1. The average molecular weight is 336 g/mol. The molecule has 1 saturated heterocycles. The van der Waals surface area contributed by atoms with Crippen molar-refractivity contribution in [3.05, 3.63) is 23.8 Å². The summed E-state index contributed by atoms with van der Waals surface area (Å²) in [6.45, 7) is 0. The van der Waals surface area contributed by atoms with E-state index in [0.717, 1.165) is 42.8 Å². The maximum atomic E-state index is 11.9. The van der Waals surface area contributed by atoms with Crippen LogP contribution >= 0.6 is 11.8 Å². The highest BCUT2D eigenvalue weighted by Gasteiger charge is 2.43. The van der Waals surface area contributed by atoms with E-state index >= 15 is 0 Å². The lowest BCUT2D eigenvalue weighted by molar-refractivity contribution is -0.143. The molecule has 2 fully saturated rings. The third-order valence-electron chi connectivity index (χ3n) is 5.04. The second kappa shape index (κ2) is 7.04. The van der Waals surface area contributed by atoms with Crippen molar-refractivity contribution in [3.8, 4) is 11.5 Å². The normalized spacial score (nSPS) is 21.1. The molecule has 0 spiro atoms. The van der Waals surface area contributed by atoms with Gasteiger partial charge in [-0.15, -0.1) is 0 Å². The van der Waals surface area contributed by atoms with Crippen molar-refractivity contribution < 1.29 is 19.4 Å². The van der Waals surface area contributed by atoms with E-state index in [1.807, 2.05) is 30.0 Å².